The highest BCUT2D eigenvalue weighted by atomic mass is 32.2. The van der Waals surface area contributed by atoms with Crippen LogP contribution in [0.15, 0.2) is 5.16 Å². The standard InChI is InChI=1S/C5H9NOS2/c1-5(4-6-7)8-2-3-9-5/h4,7H,2-3H2,1H3. The molecule has 0 saturated carbocycles. The molecule has 2 nitrogen and oxygen atoms in total. The summed E-state index contributed by atoms with van der Waals surface area (Å²) in [4.78, 5) is 0. The summed E-state index contributed by atoms with van der Waals surface area (Å²) in [6.07, 6.45) is 1.59. The van der Waals surface area contributed by atoms with Crippen molar-refractivity contribution in [3.8, 4) is 0 Å². The molecule has 0 aliphatic carbocycles. The lowest BCUT2D eigenvalue weighted by atomic mass is 10.5. The molecule has 1 fully saturated rings. The summed E-state index contributed by atoms with van der Waals surface area (Å²) in [5.74, 6) is 2.32. The Bertz CT molecular complexity index is 120. The third kappa shape index (κ3) is 1.79. The van der Waals surface area contributed by atoms with Crippen LogP contribution in [0.4, 0.5) is 0 Å². The Kier molecular flexibility index (Phi) is 2.29. The van der Waals surface area contributed by atoms with Gasteiger partial charge in [-0.2, -0.15) is 0 Å². The first kappa shape index (κ1) is 7.28. The van der Waals surface area contributed by atoms with Crippen molar-refractivity contribution in [3.63, 3.8) is 0 Å². The van der Waals surface area contributed by atoms with E-state index in [-0.39, 0.29) is 4.08 Å². The van der Waals surface area contributed by atoms with Crippen LogP contribution in [-0.4, -0.2) is 27.0 Å². The summed E-state index contributed by atoms with van der Waals surface area (Å²) in [7, 11) is 0. The summed E-state index contributed by atoms with van der Waals surface area (Å²) in [6, 6.07) is 0. The highest BCUT2D eigenvalue weighted by Gasteiger charge is 2.28. The van der Waals surface area contributed by atoms with Crippen LogP contribution >= 0.6 is 23.5 Å². The molecule has 1 rings (SSSR count). The average molecular weight is 163 g/mol. The van der Waals surface area contributed by atoms with Crippen molar-refractivity contribution in [1.82, 2.24) is 0 Å². The average Bonchev–Trinajstić information content (AvgIpc) is 2.16. The van der Waals surface area contributed by atoms with Gasteiger partial charge in [-0.3, -0.25) is 0 Å². The molecule has 1 saturated heterocycles. The zero-order valence-corrected chi connectivity index (χ0v) is 6.84. The highest BCUT2D eigenvalue weighted by molar-refractivity contribution is 8.22. The second-order valence-corrected chi connectivity index (χ2v) is 5.31. The van der Waals surface area contributed by atoms with Gasteiger partial charge in [0.15, 0.2) is 0 Å². The number of nitrogens with zero attached hydrogens (tertiary/aromatic N) is 1. The van der Waals surface area contributed by atoms with E-state index in [1.807, 2.05) is 23.5 Å². The summed E-state index contributed by atoms with van der Waals surface area (Å²) < 4.78 is 0.0365. The largest absolute Gasteiger partial charge is 0.411 e. The molecule has 0 aromatic carbocycles. The fraction of sp³-hybridized carbons (Fsp3) is 0.800. The minimum Gasteiger partial charge on any atom is -0.411 e. The van der Waals surface area contributed by atoms with E-state index in [1.54, 1.807) is 6.21 Å². The van der Waals surface area contributed by atoms with Crippen LogP contribution in [0, 0.1) is 0 Å². The number of hydrogen-bond donors (Lipinski definition) is 1. The predicted octanol–water partition coefficient (Wildman–Crippen LogP) is 1.64. The van der Waals surface area contributed by atoms with Crippen LogP contribution in [0.1, 0.15) is 6.92 Å². The van der Waals surface area contributed by atoms with E-state index in [0.29, 0.717) is 0 Å². The summed E-state index contributed by atoms with van der Waals surface area (Å²) >= 11 is 3.65. The molecule has 0 radical (unpaired) electrons. The first-order chi connectivity index (χ1) is 4.27. The normalized spacial score (nSPS) is 25.4. The third-order valence-electron chi connectivity index (χ3n) is 1.15. The van der Waals surface area contributed by atoms with E-state index in [2.05, 4.69) is 12.1 Å². The van der Waals surface area contributed by atoms with E-state index in [0.717, 1.165) is 11.5 Å². The summed E-state index contributed by atoms with van der Waals surface area (Å²) in [5, 5.41) is 11.3. The van der Waals surface area contributed by atoms with E-state index < -0.39 is 0 Å². The molecule has 0 unspecified atom stereocenters. The molecular weight excluding hydrogens is 154 g/mol. The molecule has 0 amide bonds. The predicted molar refractivity (Wildman–Crippen MR) is 43.6 cm³/mol. The number of thioether (sulfide) groups is 2. The molecule has 4 heteroatoms. The van der Waals surface area contributed by atoms with Crippen LogP contribution < -0.4 is 0 Å². The van der Waals surface area contributed by atoms with Crippen molar-refractivity contribution in [2.24, 2.45) is 5.16 Å². The smallest absolute Gasteiger partial charge is 0.0966 e. The number of hydrogen-bond acceptors (Lipinski definition) is 4. The zero-order valence-electron chi connectivity index (χ0n) is 5.20. The summed E-state index contributed by atoms with van der Waals surface area (Å²) in [5.41, 5.74) is 0. The Morgan fingerprint density at radius 1 is 1.56 bits per heavy atom. The van der Waals surface area contributed by atoms with Gasteiger partial charge in [-0.05, 0) is 6.92 Å². The van der Waals surface area contributed by atoms with Crippen molar-refractivity contribution in [3.05, 3.63) is 0 Å². The van der Waals surface area contributed by atoms with Gasteiger partial charge < -0.3 is 5.21 Å². The van der Waals surface area contributed by atoms with Gasteiger partial charge in [0, 0.05) is 11.5 Å². The maximum Gasteiger partial charge on any atom is 0.0966 e. The molecule has 1 N–H and O–H groups in total. The van der Waals surface area contributed by atoms with Crippen LogP contribution in [0.3, 0.4) is 0 Å². The van der Waals surface area contributed by atoms with E-state index >= 15 is 0 Å². The maximum atomic E-state index is 8.23. The molecule has 0 atom stereocenters. The fourth-order valence-electron chi connectivity index (χ4n) is 0.710. The second-order valence-electron chi connectivity index (χ2n) is 1.96. The Morgan fingerprint density at radius 2 is 2.11 bits per heavy atom. The molecule has 9 heavy (non-hydrogen) atoms. The highest BCUT2D eigenvalue weighted by Crippen LogP contribution is 2.41. The van der Waals surface area contributed by atoms with Crippen LogP contribution in [0.25, 0.3) is 0 Å². The molecule has 1 heterocycles. The number of rotatable bonds is 1. The molecule has 0 spiro atoms. The zero-order chi connectivity index (χ0) is 6.74. The van der Waals surface area contributed by atoms with Gasteiger partial charge in [-0.25, -0.2) is 0 Å². The van der Waals surface area contributed by atoms with E-state index in [9.17, 15) is 0 Å². The Morgan fingerprint density at radius 3 is 2.56 bits per heavy atom. The van der Waals surface area contributed by atoms with Crippen molar-refractivity contribution >= 4 is 29.7 Å². The molecule has 1 aliphatic rings. The van der Waals surface area contributed by atoms with Gasteiger partial charge in [0.2, 0.25) is 0 Å². The van der Waals surface area contributed by atoms with Crippen LogP contribution in [0.5, 0.6) is 0 Å². The van der Waals surface area contributed by atoms with Crippen molar-refractivity contribution in [1.29, 1.82) is 0 Å². The monoisotopic (exact) mass is 163 g/mol. The lowest BCUT2D eigenvalue weighted by Gasteiger charge is -2.12. The van der Waals surface area contributed by atoms with Crippen molar-refractivity contribution < 1.29 is 5.21 Å². The van der Waals surface area contributed by atoms with Crippen LogP contribution in [-0.2, 0) is 0 Å². The maximum absolute atomic E-state index is 8.23. The van der Waals surface area contributed by atoms with Gasteiger partial charge in [-0.15, -0.1) is 23.5 Å². The van der Waals surface area contributed by atoms with Gasteiger partial charge in [0.05, 0.1) is 10.3 Å². The summed E-state index contributed by atoms with van der Waals surface area (Å²) in [6.45, 7) is 2.06. The lowest BCUT2D eigenvalue weighted by Crippen LogP contribution is -2.12. The van der Waals surface area contributed by atoms with Crippen molar-refractivity contribution in [2.75, 3.05) is 11.5 Å². The molecular formula is C5H9NOS2. The van der Waals surface area contributed by atoms with Gasteiger partial charge >= 0.3 is 0 Å². The first-order valence-corrected chi connectivity index (χ1v) is 4.70. The Hall–Kier alpha value is 0.170. The van der Waals surface area contributed by atoms with E-state index in [4.69, 9.17) is 5.21 Å². The SMILES string of the molecule is CC1(C=NO)SCCS1. The van der Waals surface area contributed by atoms with E-state index in [1.165, 1.54) is 0 Å². The van der Waals surface area contributed by atoms with Gasteiger partial charge in [0.1, 0.15) is 0 Å². The minimum atomic E-state index is 0.0365. The molecule has 1 aliphatic heterocycles. The number of oxime groups is 1. The molecule has 0 aromatic rings. The topological polar surface area (TPSA) is 32.6 Å². The Labute approximate surface area is 63.1 Å². The molecule has 0 aromatic heterocycles. The van der Waals surface area contributed by atoms with Gasteiger partial charge in [-0.1, -0.05) is 5.16 Å². The first-order valence-electron chi connectivity index (χ1n) is 2.73. The van der Waals surface area contributed by atoms with Gasteiger partial charge in [0.25, 0.3) is 0 Å². The second kappa shape index (κ2) is 2.84. The molecule has 52 valence electrons. The van der Waals surface area contributed by atoms with Crippen LogP contribution in [0.2, 0.25) is 0 Å². The van der Waals surface area contributed by atoms with Crippen molar-refractivity contribution in [2.45, 2.75) is 11.0 Å². The minimum absolute atomic E-state index is 0.0365. The quantitative estimate of drug-likeness (QED) is 0.362. The third-order valence-corrected chi connectivity index (χ3v) is 4.29. The fourth-order valence-corrected chi connectivity index (χ4v) is 3.26. The Balaban J connectivity index is 2.51. The molecule has 0 bridgehead atoms. The lowest BCUT2D eigenvalue weighted by molar-refractivity contribution is 0.320.